The second-order valence-corrected chi connectivity index (χ2v) is 12.0. The Kier molecular flexibility index (Phi) is 12.6. The van der Waals surface area contributed by atoms with Gasteiger partial charge in [-0.3, -0.25) is 4.79 Å². The summed E-state index contributed by atoms with van der Waals surface area (Å²) in [6.45, 7) is 6.70. The average Bonchev–Trinajstić information content (AvgIpc) is 3.46. The largest absolute Gasteiger partial charge is 0.480 e. The molecule has 0 saturated carbocycles. The van der Waals surface area contributed by atoms with Crippen LogP contribution < -0.4 is 5.32 Å². The monoisotopic (exact) mass is 683 g/mol. The molecule has 17 heteroatoms. The summed E-state index contributed by atoms with van der Waals surface area (Å²) < 4.78 is 49.4. The fourth-order valence-electron chi connectivity index (χ4n) is 4.55. The fourth-order valence-corrected chi connectivity index (χ4v) is 4.55. The molecule has 0 bridgehead atoms. The highest BCUT2D eigenvalue weighted by atomic mass is 16.9. The molecule has 1 aromatic carbocycles. The van der Waals surface area contributed by atoms with Crippen molar-refractivity contribution in [3.05, 3.63) is 35.9 Å². The molecule has 6 atom stereocenters. The van der Waals surface area contributed by atoms with Gasteiger partial charge in [0.2, 0.25) is 0 Å². The van der Waals surface area contributed by atoms with Gasteiger partial charge in [0.1, 0.15) is 12.6 Å². The van der Waals surface area contributed by atoms with Crippen molar-refractivity contribution in [3.8, 4) is 0 Å². The van der Waals surface area contributed by atoms with Gasteiger partial charge in [-0.05, 0) is 46.8 Å². The highest BCUT2D eigenvalue weighted by Crippen LogP contribution is 2.44. The Balaban J connectivity index is 1.79. The summed E-state index contributed by atoms with van der Waals surface area (Å²) in [5.74, 6) is -6.14. The van der Waals surface area contributed by atoms with Gasteiger partial charge in [0, 0.05) is 20.5 Å². The predicted octanol–water partition coefficient (Wildman–Crippen LogP) is 1.49. The van der Waals surface area contributed by atoms with E-state index >= 15 is 0 Å². The van der Waals surface area contributed by atoms with Crippen LogP contribution in [0.4, 0.5) is 4.79 Å². The van der Waals surface area contributed by atoms with Gasteiger partial charge in [0.15, 0.2) is 41.6 Å². The van der Waals surface area contributed by atoms with Gasteiger partial charge in [-0.1, -0.05) is 18.2 Å². The summed E-state index contributed by atoms with van der Waals surface area (Å²) in [6.07, 6.45) is -6.42. The minimum Gasteiger partial charge on any atom is -0.480 e. The number of aliphatic carboxylic acids is 1. The highest BCUT2D eigenvalue weighted by molar-refractivity contribution is 5.91. The van der Waals surface area contributed by atoms with Gasteiger partial charge in [0.05, 0.1) is 18.8 Å². The number of alkyl carbamates (subject to hydrolysis) is 1. The van der Waals surface area contributed by atoms with Crippen LogP contribution in [0.2, 0.25) is 0 Å². The average molecular weight is 684 g/mol. The molecule has 48 heavy (non-hydrogen) atoms. The summed E-state index contributed by atoms with van der Waals surface area (Å²) in [4.78, 5) is 74.2. The van der Waals surface area contributed by atoms with Crippen LogP contribution >= 0.6 is 0 Å². The second-order valence-electron chi connectivity index (χ2n) is 12.0. The molecular weight excluding hydrogens is 642 g/mol. The Labute approximate surface area is 276 Å². The molecule has 17 nitrogen and oxygen atoms in total. The van der Waals surface area contributed by atoms with Gasteiger partial charge >= 0.3 is 35.9 Å². The zero-order valence-electron chi connectivity index (χ0n) is 27.7. The van der Waals surface area contributed by atoms with Crippen molar-refractivity contribution in [1.82, 2.24) is 5.32 Å². The zero-order chi connectivity index (χ0) is 35.9. The van der Waals surface area contributed by atoms with Crippen LogP contribution in [0.15, 0.2) is 30.3 Å². The first-order chi connectivity index (χ1) is 22.4. The Bertz CT molecular complexity index is 1350. The third-order valence-corrected chi connectivity index (χ3v) is 7.30. The molecule has 0 aliphatic carbocycles. The van der Waals surface area contributed by atoms with Gasteiger partial charge in [-0.15, -0.1) is 0 Å². The number of amides is 1. The van der Waals surface area contributed by atoms with E-state index < -0.39 is 96.8 Å². The Morgan fingerprint density at radius 2 is 1.67 bits per heavy atom. The highest BCUT2D eigenvalue weighted by Gasteiger charge is 2.65. The number of carbonyl (C=O) groups is 6. The normalized spacial score (nSPS) is 24.0. The van der Waals surface area contributed by atoms with Crippen LogP contribution in [-0.2, 0) is 61.8 Å². The molecule has 2 saturated heterocycles. The van der Waals surface area contributed by atoms with E-state index in [-0.39, 0.29) is 18.6 Å². The number of esters is 4. The molecule has 2 heterocycles. The van der Waals surface area contributed by atoms with Crippen LogP contribution in [0.3, 0.4) is 0 Å². The van der Waals surface area contributed by atoms with Crippen molar-refractivity contribution >= 4 is 35.9 Å². The van der Waals surface area contributed by atoms with Gasteiger partial charge in [-0.2, -0.15) is 0 Å². The first-order valence-electron chi connectivity index (χ1n) is 14.9. The lowest BCUT2D eigenvalue weighted by Crippen LogP contribution is -2.57. The topological polar surface area (TPSA) is 218 Å². The van der Waals surface area contributed by atoms with Crippen LogP contribution in [0.1, 0.15) is 58.3 Å². The second kappa shape index (κ2) is 15.8. The number of nitrogens with one attached hydrogen (secondary N) is 1. The van der Waals surface area contributed by atoms with Crippen molar-refractivity contribution in [2.45, 2.75) is 95.6 Å². The zero-order valence-corrected chi connectivity index (χ0v) is 27.7. The number of fused-ring (bicyclic) bond motifs is 1. The molecular formula is C31H41NO16. The SMILES string of the molecule is COC(C)C(=O)OC(=O)C(C)(C)OCC1(COC(C)=O)OC2OC(C)(C)OC2C1OC(=O)NC(CCOC(=O)c1ccccc1)C(=O)O. The number of ether oxygens (including phenoxy) is 9. The standard InChI is InChI=1S/C31H41NO16/c1-17(40-7)24(36)45-27(38)29(3,4)43-16-31(15-42-18(2)33)22(21-26(48-31)47-30(5,6)46-21)44-28(39)32-20(23(34)35)13-14-41-25(37)19-11-9-8-10-12-19/h8-12,17,20-22,26H,13-16H2,1-7H3,(H,32,39)(H,34,35). The Morgan fingerprint density at radius 3 is 2.27 bits per heavy atom. The van der Waals surface area contributed by atoms with Crippen LogP contribution in [0, 0.1) is 0 Å². The summed E-state index contributed by atoms with van der Waals surface area (Å²) in [5.41, 5.74) is -3.42. The molecule has 0 spiro atoms. The number of carboxylic acids is 1. The van der Waals surface area contributed by atoms with E-state index in [9.17, 15) is 33.9 Å². The van der Waals surface area contributed by atoms with Crippen molar-refractivity contribution in [2.24, 2.45) is 0 Å². The summed E-state index contributed by atoms with van der Waals surface area (Å²) in [5, 5.41) is 11.9. The minimum atomic E-state index is -1.87. The maximum absolute atomic E-state index is 13.2. The Hall–Kier alpha value is -4.16. The van der Waals surface area contributed by atoms with Crippen molar-refractivity contribution in [2.75, 3.05) is 26.9 Å². The van der Waals surface area contributed by atoms with E-state index in [0.29, 0.717) is 0 Å². The van der Waals surface area contributed by atoms with E-state index in [0.717, 1.165) is 6.92 Å². The number of carbonyl (C=O) groups excluding carboxylic acids is 5. The van der Waals surface area contributed by atoms with Gasteiger partial charge in [-0.25, -0.2) is 24.0 Å². The van der Waals surface area contributed by atoms with Crippen LogP contribution in [-0.4, -0.2) is 116 Å². The molecule has 0 aromatic heterocycles. The molecule has 3 rings (SSSR count). The fraction of sp³-hybridized carbons (Fsp3) is 0.613. The number of hydrogen-bond acceptors (Lipinski definition) is 15. The number of rotatable bonds is 15. The molecule has 0 radical (unpaired) electrons. The molecule has 2 N–H and O–H groups in total. The lowest BCUT2D eigenvalue weighted by Gasteiger charge is -2.37. The van der Waals surface area contributed by atoms with E-state index in [4.69, 9.17) is 42.6 Å². The van der Waals surface area contributed by atoms with Crippen LogP contribution in [0.25, 0.3) is 0 Å². The number of benzene rings is 1. The molecule has 1 amide bonds. The predicted molar refractivity (Wildman–Crippen MR) is 158 cm³/mol. The van der Waals surface area contributed by atoms with Gasteiger partial charge < -0.3 is 53.1 Å². The molecule has 6 unspecified atom stereocenters. The van der Waals surface area contributed by atoms with E-state index in [2.05, 4.69) is 5.32 Å². The van der Waals surface area contributed by atoms with Gasteiger partial charge in [0.25, 0.3) is 0 Å². The number of hydrogen-bond donors (Lipinski definition) is 2. The lowest BCUT2D eigenvalue weighted by atomic mass is 9.96. The molecule has 2 aliphatic heterocycles. The summed E-state index contributed by atoms with van der Waals surface area (Å²) >= 11 is 0. The third-order valence-electron chi connectivity index (χ3n) is 7.30. The summed E-state index contributed by atoms with van der Waals surface area (Å²) in [6, 6.07) is 6.47. The molecule has 266 valence electrons. The smallest absolute Gasteiger partial charge is 0.408 e. The summed E-state index contributed by atoms with van der Waals surface area (Å²) in [7, 11) is 1.26. The van der Waals surface area contributed by atoms with E-state index in [1.54, 1.807) is 32.0 Å². The maximum Gasteiger partial charge on any atom is 0.408 e. The van der Waals surface area contributed by atoms with Crippen molar-refractivity contribution < 1.29 is 76.5 Å². The minimum absolute atomic E-state index is 0.258. The first-order valence-corrected chi connectivity index (χ1v) is 14.9. The number of carboxylic acid groups (broad SMARTS) is 1. The van der Waals surface area contributed by atoms with E-state index in [1.807, 2.05) is 0 Å². The molecule has 1 aromatic rings. The third kappa shape index (κ3) is 9.93. The lowest BCUT2D eigenvalue weighted by molar-refractivity contribution is -0.262. The first kappa shape index (κ1) is 38.3. The van der Waals surface area contributed by atoms with Crippen molar-refractivity contribution in [1.29, 1.82) is 0 Å². The number of methoxy groups -OCH3 is 1. The quantitative estimate of drug-likeness (QED) is 0.152. The van der Waals surface area contributed by atoms with Crippen molar-refractivity contribution in [3.63, 3.8) is 0 Å². The van der Waals surface area contributed by atoms with Crippen LogP contribution in [0.5, 0.6) is 0 Å². The Morgan fingerprint density at radius 1 is 1.00 bits per heavy atom. The maximum atomic E-state index is 13.2. The molecule has 2 fully saturated rings. The van der Waals surface area contributed by atoms with E-state index in [1.165, 1.54) is 40.0 Å². The molecule has 2 aliphatic rings.